The summed E-state index contributed by atoms with van der Waals surface area (Å²) in [5.74, 6) is 0.0295. The maximum Gasteiger partial charge on any atom is 0.408 e. The van der Waals surface area contributed by atoms with Crippen LogP contribution in [0.4, 0.5) is 4.79 Å². The summed E-state index contributed by atoms with van der Waals surface area (Å²) < 4.78 is 30.2. The molecule has 1 amide bonds. The number of rotatable bonds is 9. The lowest BCUT2D eigenvalue weighted by molar-refractivity contribution is -0.119. The van der Waals surface area contributed by atoms with Crippen molar-refractivity contribution in [3.8, 4) is 0 Å². The van der Waals surface area contributed by atoms with Gasteiger partial charge in [0.25, 0.3) is 0 Å². The van der Waals surface area contributed by atoms with Gasteiger partial charge in [0.1, 0.15) is 23.4 Å². The van der Waals surface area contributed by atoms with Crippen molar-refractivity contribution >= 4 is 6.09 Å². The van der Waals surface area contributed by atoms with Gasteiger partial charge in [0.15, 0.2) is 0 Å². The highest BCUT2D eigenvalue weighted by Crippen LogP contribution is 2.59. The molecule has 0 aromatic heterocycles. The van der Waals surface area contributed by atoms with Crippen LogP contribution in [0.2, 0.25) is 0 Å². The van der Waals surface area contributed by atoms with Gasteiger partial charge in [-0.3, -0.25) is 0 Å². The Balaban J connectivity index is 1.43. The van der Waals surface area contributed by atoms with E-state index in [1.165, 1.54) is 5.57 Å². The van der Waals surface area contributed by atoms with Gasteiger partial charge >= 0.3 is 6.09 Å². The zero-order valence-electron chi connectivity index (χ0n) is 21.3. The molecule has 4 unspecified atom stereocenters. The molecule has 33 heavy (non-hydrogen) atoms. The molecule has 0 aromatic carbocycles. The molecule has 4 aliphatic rings. The maximum absolute atomic E-state index is 13.1. The maximum atomic E-state index is 13.1. The average Bonchev–Trinajstić information content (AvgIpc) is 3.61. The first-order valence-corrected chi connectivity index (χ1v) is 12.7. The minimum absolute atomic E-state index is 0.0295. The van der Waals surface area contributed by atoms with Gasteiger partial charge in [0.05, 0.1) is 36.9 Å². The van der Waals surface area contributed by atoms with Crippen molar-refractivity contribution in [2.24, 2.45) is 5.92 Å². The van der Waals surface area contributed by atoms with Crippen molar-refractivity contribution in [3.05, 3.63) is 11.6 Å². The standard InChI is InChI=1S/C26H43NO6/c1-17(2)9-10-20-24(5,33-20)22-21(29-6)19(11-14-26(22)16-31-26)32-23(28)27-25(12-7-8-13-25)15-30-18(3)4/h9,18-22H,7-8,10-16H2,1-6H3,(H,27,28)/t19?,20-,21?,22?,24?,26+/m1/s1. The summed E-state index contributed by atoms with van der Waals surface area (Å²) in [6.45, 7) is 11.7. The Kier molecular flexibility index (Phi) is 7.17. The topological polar surface area (TPSA) is 81.9 Å². The number of methoxy groups -OCH3 is 1. The van der Waals surface area contributed by atoms with Crippen molar-refractivity contribution in [1.29, 1.82) is 0 Å². The van der Waals surface area contributed by atoms with E-state index in [1.807, 2.05) is 13.8 Å². The molecule has 2 aliphatic heterocycles. The number of epoxide rings is 2. The minimum Gasteiger partial charge on any atom is -0.443 e. The van der Waals surface area contributed by atoms with Crippen LogP contribution < -0.4 is 5.32 Å². The van der Waals surface area contributed by atoms with Gasteiger partial charge < -0.3 is 29.0 Å². The number of hydrogen-bond acceptors (Lipinski definition) is 6. The molecule has 2 saturated carbocycles. The molecule has 1 spiro atoms. The molecule has 0 aromatic rings. The van der Waals surface area contributed by atoms with Crippen LogP contribution in [0.25, 0.3) is 0 Å². The summed E-state index contributed by atoms with van der Waals surface area (Å²) in [5, 5.41) is 3.17. The fraction of sp³-hybridized carbons (Fsp3) is 0.885. The minimum atomic E-state index is -0.370. The predicted octanol–water partition coefficient (Wildman–Crippen LogP) is 4.53. The van der Waals surface area contributed by atoms with E-state index in [1.54, 1.807) is 7.11 Å². The normalized spacial score (nSPS) is 38.9. The zero-order valence-corrected chi connectivity index (χ0v) is 21.3. The molecule has 2 aliphatic carbocycles. The molecule has 4 rings (SSSR count). The number of carbonyl (C=O) groups is 1. The van der Waals surface area contributed by atoms with Gasteiger partial charge in [0, 0.05) is 7.11 Å². The van der Waals surface area contributed by atoms with Gasteiger partial charge in [-0.05, 0) is 66.7 Å². The molecule has 0 radical (unpaired) electrons. The van der Waals surface area contributed by atoms with Gasteiger partial charge in [0.2, 0.25) is 0 Å². The molecule has 188 valence electrons. The van der Waals surface area contributed by atoms with E-state index in [4.69, 9.17) is 23.7 Å². The summed E-state index contributed by atoms with van der Waals surface area (Å²) in [5.41, 5.74) is 0.403. The highest BCUT2D eigenvalue weighted by Gasteiger charge is 2.72. The third-order valence-corrected chi connectivity index (χ3v) is 8.12. The highest BCUT2D eigenvalue weighted by atomic mass is 16.6. The van der Waals surface area contributed by atoms with Crippen molar-refractivity contribution in [3.63, 3.8) is 0 Å². The van der Waals surface area contributed by atoms with Crippen LogP contribution in [-0.4, -0.2) is 67.6 Å². The number of ether oxygens (including phenoxy) is 5. The Morgan fingerprint density at radius 3 is 2.48 bits per heavy atom. The van der Waals surface area contributed by atoms with Crippen LogP contribution in [0, 0.1) is 5.92 Å². The summed E-state index contributed by atoms with van der Waals surface area (Å²) in [6.07, 6.45) is 8.02. The van der Waals surface area contributed by atoms with Crippen LogP contribution in [-0.2, 0) is 23.7 Å². The first kappa shape index (κ1) is 25.0. The molecule has 1 N–H and O–H groups in total. The molecule has 2 saturated heterocycles. The van der Waals surface area contributed by atoms with Crippen molar-refractivity contribution in [2.45, 2.75) is 121 Å². The lowest BCUT2D eigenvalue weighted by Gasteiger charge is -2.43. The van der Waals surface area contributed by atoms with E-state index in [9.17, 15) is 4.79 Å². The molecule has 7 heteroatoms. The van der Waals surface area contributed by atoms with Gasteiger partial charge in [-0.1, -0.05) is 24.5 Å². The van der Waals surface area contributed by atoms with E-state index in [0.29, 0.717) is 6.61 Å². The first-order chi connectivity index (χ1) is 15.6. The molecule has 6 atom stereocenters. The molecule has 2 heterocycles. The fourth-order valence-corrected chi connectivity index (χ4v) is 6.14. The van der Waals surface area contributed by atoms with E-state index < -0.39 is 0 Å². The van der Waals surface area contributed by atoms with Crippen molar-refractivity contribution < 1.29 is 28.5 Å². The summed E-state index contributed by atoms with van der Waals surface area (Å²) >= 11 is 0. The number of allylic oxidation sites excluding steroid dienone is 1. The number of nitrogens with one attached hydrogen (secondary N) is 1. The number of hydrogen-bond donors (Lipinski definition) is 1. The fourth-order valence-electron chi connectivity index (χ4n) is 6.14. The number of carbonyl (C=O) groups excluding carboxylic acids is 1. The second-order valence-electron chi connectivity index (χ2n) is 11.3. The largest absolute Gasteiger partial charge is 0.443 e. The number of alkyl carbamates (subject to hydrolysis) is 1. The van der Waals surface area contributed by atoms with E-state index in [0.717, 1.165) is 51.6 Å². The molecular weight excluding hydrogens is 422 g/mol. The SMILES string of the molecule is COC1C(OC(=O)NC2(COC(C)C)CCCC2)CC[C@]2(CO2)C1C1(C)O[C@@H]1CC=C(C)C. The summed E-state index contributed by atoms with van der Waals surface area (Å²) in [4.78, 5) is 13.1. The second-order valence-corrected chi connectivity index (χ2v) is 11.3. The Hall–Kier alpha value is -1.15. The molecule has 0 bridgehead atoms. The Morgan fingerprint density at radius 2 is 1.91 bits per heavy atom. The van der Waals surface area contributed by atoms with E-state index >= 15 is 0 Å². The number of amides is 1. The third-order valence-electron chi connectivity index (χ3n) is 8.12. The van der Waals surface area contributed by atoms with E-state index in [2.05, 4.69) is 32.2 Å². The third kappa shape index (κ3) is 5.26. The smallest absolute Gasteiger partial charge is 0.408 e. The molecule has 4 fully saturated rings. The Morgan fingerprint density at radius 1 is 1.21 bits per heavy atom. The van der Waals surface area contributed by atoms with Crippen molar-refractivity contribution in [2.75, 3.05) is 20.3 Å². The van der Waals surface area contributed by atoms with E-state index in [-0.39, 0.29) is 53.2 Å². The Labute approximate surface area is 198 Å². The van der Waals surface area contributed by atoms with Crippen molar-refractivity contribution in [1.82, 2.24) is 5.32 Å². The van der Waals surface area contributed by atoms with Crippen LogP contribution in [0.15, 0.2) is 11.6 Å². The highest BCUT2D eigenvalue weighted by molar-refractivity contribution is 5.68. The van der Waals surface area contributed by atoms with Crippen LogP contribution >= 0.6 is 0 Å². The molecular formula is C26H43NO6. The second kappa shape index (κ2) is 9.48. The summed E-state index contributed by atoms with van der Waals surface area (Å²) in [7, 11) is 1.71. The monoisotopic (exact) mass is 465 g/mol. The quantitative estimate of drug-likeness (QED) is 0.398. The average molecular weight is 466 g/mol. The van der Waals surface area contributed by atoms with Crippen LogP contribution in [0.5, 0.6) is 0 Å². The van der Waals surface area contributed by atoms with Gasteiger partial charge in [-0.15, -0.1) is 0 Å². The van der Waals surface area contributed by atoms with Gasteiger partial charge in [-0.25, -0.2) is 4.79 Å². The summed E-state index contributed by atoms with van der Waals surface area (Å²) in [6, 6.07) is 0. The van der Waals surface area contributed by atoms with Crippen LogP contribution in [0.3, 0.4) is 0 Å². The van der Waals surface area contributed by atoms with Crippen LogP contribution in [0.1, 0.15) is 79.6 Å². The predicted molar refractivity (Wildman–Crippen MR) is 125 cm³/mol. The Bertz CT molecular complexity index is 737. The molecule has 7 nitrogen and oxygen atoms in total. The lowest BCUT2D eigenvalue weighted by atomic mass is 9.68. The zero-order chi connectivity index (χ0) is 23.9. The lowest BCUT2D eigenvalue weighted by Crippen LogP contribution is -2.57. The first-order valence-electron chi connectivity index (χ1n) is 12.7. The van der Waals surface area contributed by atoms with Gasteiger partial charge in [-0.2, -0.15) is 0 Å².